The Hall–Kier alpha value is -2.92. The fourth-order valence-corrected chi connectivity index (χ4v) is 3.88. The van der Waals surface area contributed by atoms with Crippen LogP contribution in [0.2, 0.25) is 0 Å². The van der Waals surface area contributed by atoms with Crippen LogP contribution in [0.5, 0.6) is 0 Å². The summed E-state index contributed by atoms with van der Waals surface area (Å²) in [4.78, 5) is 41.2. The van der Waals surface area contributed by atoms with Crippen molar-refractivity contribution in [2.75, 3.05) is 12.3 Å². The van der Waals surface area contributed by atoms with Crippen molar-refractivity contribution in [2.24, 2.45) is 0 Å². The number of hydrogen-bond acceptors (Lipinski definition) is 11. The predicted octanol–water partition coefficient (Wildman–Crippen LogP) is -3.28. The third-order valence-electron chi connectivity index (χ3n) is 5.75. The normalized spacial score (nSPS) is 32.2. The van der Waals surface area contributed by atoms with Crippen LogP contribution in [0.3, 0.4) is 0 Å². The highest BCUT2D eigenvalue weighted by Crippen LogP contribution is 2.32. The van der Waals surface area contributed by atoms with Gasteiger partial charge in [0.05, 0.1) is 12.7 Å². The molecular formula is C19H24N5O10. The Bertz CT molecular complexity index is 1210. The first kappa shape index (κ1) is 24.2. The number of aliphatic hydroxyl groups is 3. The quantitative estimate of drug-likeness (QED) is 0.257. The van der Waals surface area contributed by atoms with Crippen molar-refractivity contribution in [1.29, 1.82) is 0 Å². The Kier molecular flexibility index (Phi) is 6.68. The fraction of sp³-hybridized carbons (Fsp3) is 0.579. The molecule has 1 radical (unpaired) electrons. The smallest absolute Gasteiger partial charge is 0.351 e. The van der Waals surface area contributed by atoms with Crippen LogP contribution >= 0.6 is 0 Å². The van der Waals surface area contributed by atoms with Gasteiger partial charge in [0.15, 0.2) is 6.23 Å². The van der Waals surface area contributed by atoms with Gasteiger partial charge in [0, 0.05) is 24.4 Å². The number of ether oxygens (including phenoxy) is 3. The average molecular weight is 482 g/mol. The van der Waals surface area contributed by atoms with Crippen molar-refractivity contribution in [3.8, 4) is 0 Å². The number of nitrogens with zero attached hydrogens (tertiary/aromatic N) is 3. The molecule has 2 aliphatic heterocycles. The summed E-state index contributed by atoms with van der Waals surface area (Å²) in [5.74, 6) is -0.0522. The van der Waals surface area contributed by atoms with Gasteiger partial charge < -0.3 is 35.3 Å². The van der Waals surface area contributed by atoms with E-state index in [-0.39, 0.29) is 17.8 Å². The Balaban J connectivity index is 1.39. The monoisotopic (exact) mass is 482 g/mol. The highest BCUT2D eigenvalue weighted by atomic mass is 16.7. The van der Waals surface area contributed by atoms with Gasteiger partial charge in [-0.15, -0.1) is 0 Å². The van der Waals surface area contributed by atoms with Crippen molar-refractivity contribution in [3.05, 3.63) is 55.3 Å². The zero-order chi connectivity index (χ0) is 24.7. The van der Waals surface area contributed by atoms with Crippen LogP contribution in [-0.2, 0) is 19.3 Å². The molecular weight excluding hydrogens is 458 g/mol. The summed E-state index contributed by atoms with van der Waals surface area (Å²) in [6.07, 6.45) is -8.75. The van der Waals surface area contributed by atoms with E-state index in [2.05, 4.69) is 9.97 Å². The van der Waals surface area contributed by atoms with Gasteiger partial charge in [-0.2, -0.15) is 10.1 Å². The van der Waals surface area contributed by atoms with Crippen LogP contribution in [0.1, 0.15) is 24.4 Å². The maximum Gasteiger partial charge on any atom is 0.351 e. The number of hydrogen-bond donors (Lipinski definition) is 5. The number of nitrogens with two attached hydrogens (primary N) is 1. The summed E-state index contributed by atoms with van der Waals surface area (Å²) < 4.78 is 18.2. The number of nitrogens with one attached hydrogen (secondary N) is 1. The number of aromatic nitrogens is 4. The molecule has 185 valence electrons. The number of rotatable bonds is 6. The molecule has 4 heterocycles. The van der Waals surface area contributed by atoms with E-state index in [9.17, 15) is 34.8 Å². The van der Waals surface area contributed by atoms with E-state index in [1.165, 1.54) is 25.4 Å². The first-order valence-electron chi connectivity index (χ1n) is 10.4. The highest BCUT2D eigenvalue weighted by molar-refractivity contribution is 5.23. The van der Waals surface area contributed by atoms with E-state index in [4.69, 9.17) is 19.9 Å². The lowest BCUT2D eigenvalue weighted by molar-refractivity contribution is -0.235. The summed E-state index contributed by atoms with van der Waals surface area (Å²) in [6.45, 7) is 1.09. The highest BCUT2D eigenvalue weighted by Gasteiger charge is 2.49. The second-order valence-electron chi connectivity index (χ2n) is 8.13. The molecule has 0 bridgehead atoms. The molecule has 8 atom stereocenters. The average Bonchev–Trinajstić information content (AvgIpc) is 3.29. The number of H-pyrrole nitrogens is 1. The lowest BCUT2D eigenvalue weighted by Gasteiger charge is -2.22. The van der Waals surface area contributed by atoms with Crippen molar-refractivity contribution in [2.45, 2.75) is 62.6 Å². The number of nitrogen functional groups attached to an aromatic ring is 1. The Morgan fingerprint density at radius 3 is 2.68 bits per heavy atom. The summed E-state index contributed by atoms with van der Waals surface area (Å²) in [7, 11) is 0. The second-order valence-corrected chi connectivity index (χ2v) is 8.13. The Morgan fingerprint density at radius 2 is 1.97 bits per heavy atom. The van der Waals surface area contributed by atoms with Gasteiger partial charge in [-0.3, -0.25) is 18.9 Å². The van der Waals surface area contributed by atoms with Gasteiger partial charge in [0.25, 0.3) is 5.56 Å². The molecule has 0 spiro atoms. The van der Waals surface area contributed by atoms with Crippen molar-refractivity contribution >= 4 is 5.82 Å². The van der Waals surface area contributed by atoms with Crippen LogP contribution in [0, 0.1) is 6.92 Å². The van der Waals surface area contributed by atoms with Gasteiger partial charge in [-0.05, 0) is 13.0 Å². The number of anilines is 1. The summed E-state index contributed by atoms with van der Waals surface area (Å²) in [5, 5.41) is 43.4. The minimum Gasteiger partial charge on any atom is -0.390 e. The van der Waals surface area contributed by atoms with E-state index in [1.807, 2.05) is 0 Å². The molecule has 2 aromatic heterocycles. The van der Waals surface area contributed by atoms with Crippen molar-refractivity contribution < 1.29 is 34.6 Å². The molecule has 15 nitrogen and oxygen atoms in total. The Morgan fingerprint density at radius 1 is 1.24 bits per heavy atom. The van der Waals surface area contributed by atoms with E-state index in [1.54, 1.807) is 0 Å². The maximum absolute atomic E-state index is 12.6. The van der Waals surface area contributed by atoms with Gasteiger partial charge in [-0.25, -0.2) is 9.59 Å². The molecule has 2 fully saturated rings. The van der Waals surface area contributed by atoms with Crippen LogP contribution in [0.15, 0.2) is 32.8 Å². The minimum atomic E-state index is -2.01. The van der Waals surface area contributed by atoms with Gasteiger partial charge in [0.2, 0.25) is 6.29 Å². The molecule has 15 heteroatoms. The molecule has 6 N–H and O–H groups in total. The molecule has 1 unspecified atom stereocenters. The zero-order valence-corrected chi connectivity index (χ0v) is 17.9. The molecule has 0 aromatic carbocycles. The first-order valence-corrected chi connectivity index (χ1v) is 10.4. The summed E-state index contributed by atoms with van der Waals surface area (Å²) in [5.41, 5.74) is 3.60. The summed E-state index contributed by atoms with van der Waals surface area (Å²) in [6, 6.07) is 1.28. The molecule has 2 saturated heterocycles. The number of aromatic amines is 1. The van der Waals surface area contributed by atoms with Gasteiger partial charge in [-0.1, -0.05) is 0 Å². The van der Waals surface area contributed by atoms with Crippen LogP contribution in [0.25, 0.3) is 0 Å². The standard InChI is InChI=1S/C19H24N5O10/c1-7-5-24(19(31)22-15(7)28)11-4-8(25)9(33-11)6-32-17(29)14-12(26)13(27)16(34-14)23-3-2-10(20)21-18(23)30/h2-3,5,8-9,11-14,16-17,25-27H,4,6H2,1H3,(H2,20,21,30)(H,22,28,31)/t8-,9+,11+,12-,13+,14-,16+,17?/m0/s1. The fourth-order valence-electron chi connectivity index (χ4n) is 3.88. The lowest BCUT2D eigenvalue weighted by atomic mass is 10.1. The summed E-state index contributed by atoms with van der Waals surface area (Å²) >= 11 is 0. The third kappa shape index (κ3) is 4.54. The molecule has 4 rings (SSSR count). The largest absolute Gasteiger partial charge is 0.390 e. The molecule has 2 aromatic rings. The van der Waals surface area contributed by atoms with E-state index in [0.717, 1.165) is 9.13 Å². The molecule has 0 amide bonds. The van der Waals surface area contributed by atoms with E-state index >= 15 is 0 Å². The predicted molar refractivity (Wildman–Crippen MR) is 110 cm³/mol. The molecule has 34 heavy (non-hydrogen) atoms. The maximum atomic E-state index is 12.6. The zero-order valence-electron chi connectivity index (χ0n) is 17.9. The lowest BCUT2D eigenvalue weighted by Crippen LogP contribution is -2.41. The van der Waals surface area contributed by atoms with E-state index in [0.29, 0.717) is 0 Å². The van der Waals surface area contributed by atoms with Crippen LogP contribution < -0.4 is 22.7 Å². The second kappa shape index (κ2) is 9.38. The Labute approximate surface area is 190 Å². The van der Waals surface area contributed by atoms with Gasteiger partial charge in [0.1, 0.15) is 36.5 Å². The number of aryl methyl sites for hydroxylation is 1. The third-order valence-corrected chi connectivity index (χ3v) is 5.75. The first-order chi connectivity index (χ1) is 16.1. The van der Waals surface area contributed by atoms with Crippen LogP contribution in [0.4, 0.5) is 5.82 Å². The van der Waals surface area contributed by atoms with Gasteiger partial charge >= 0.3 is 11.4 Å². The molecule has 0 aliphatic carbocycles. The van der Waals surface area contributed by atoms with Crippen molar-refractivity contribution in [3.63, 3.8) is 0 Å². The van der Waals surface area contributed by atoms with Crippen molar-refractivity contribution in [1.82, 2.24) is 19.1 Å². The molecule has 2 aliphatic rings. The van der Waals surface area contributed by atoms with Crippen LogP contribution in [-0.4, -0.2) is 77.8 Å². The number of aliphatic hydroxyl groups excluding tert-OH is 3. The topological polar surface area (TPSA) is 224 Å². The SMILES string of the molecule is Cc1cn([C@H]2C[C@H](O)[C@@H](COC([O])[C@H]3O[C@@H](n4ccc(N)nc4=O)[C@H](O)[C@@H]3O)O2)c(=O)[nH]c1=O. The van der Waals surface area contributed by atoms with E-state index < -0.39 is 72.8 Å². The molecule has 0 saturated carbocycles. The minimum absolute atomic E-state index is 0.000657.